The lowest BCUT2D eigenvalue weighted by Crippen LogP contribution is -2.51. The van der Waals surface area contributed by atoms with Crippen LogP contribution < -0.4 is 16.4 Å². The second-order valence-corrected chi connectivity index (χ2v) is 7.87. The summed E-state index contributed by atoms with van der Waals surface area (Å²) in [5.41, 5.74) is 6.48. The van der Waals surface area contributed by atoms with Crippen LogP contribution in [0.1, 0.15) is 45.3 Å². The van der Waals surface area contributed by atoms with Crippen LogP contribution in [0.25, 0.3) is 11.5 Å². The van der Waals surface area contributed by atoms with Gasteiger partial charge in [0, 0.05) is 17.8 Å². The molecule has 2 aromatic rings. The van der Waals surface area contributed by atoms with Crippen LogP contribution in [-0.2, 0) is 16.1 Å². The van der Waals surface area contributed by atoms with Crippen LogP contribution in [0, 0.1) is 5.92 Å². The molecule has 1 aliphatic carbocycles. The van der Waals surface area contributed by atoms with Crippen molar-refractivity contribution >= 4 is 28.3 Å². The van der Waals surface area contributed by atoms with E-state index in [0.717, 1.165) is 25.7 Å². The number of nitrogens with zero attached hydrogens (tertiary/aromatic N) is 1. The zero-order valence-electron chi connectivity index (χ0n) is 15.0. The average Bonchev–Trinajstić information content (AvgIpc) is 3.21. The van der Waals surface area contributed by atoms with Crippen molar-refractivity contribution in [1.29, 1.82) is 0 Å². The lowest BCUT2D eigenvalue weighted by molar-refractivity contribution is -0.123. The molecule has 2 amide bonds. The molecule has 1 fully saturated rings. The maximum absolute atomic E-state index is 12.6. The van der Waals surface area contributed by atoms with Gasteiger partial charge in [-0.3, -0.25) is 9.59 Å². The minimum absolute atomic E-state index is 0.0682. The van der Waals surface area contributed by atoms with Gasteiger partial charge in [-0.15, -0.1) is 11.3 Å². The van der Waals surface area contributed by atoms with Gasteiger partial charge in [-0.25, -0.2) is 4.98 Å². The van der Waals surface area contributed by atoms with Crippen molar-refractivity contribution in [3.63, 3.8) is 0 Å². The number of thiazole rings is 1. The predicted octanol–water partition coefficient (Wildman–Crippen LogP) is 2.89. The summed E-state index contributed by atoms with van der Waals surface area (Å²) in [6, 6.07) is 3.60. The molecular weight excluding hydrogens is 352 g/mol. The zero-order valence-corrected chi connectivity index (χ0v) is 15.8. The number of carbonyl (C=O) groups is 2. The predicted molar refractivity (Wildman–Crippen MR) is 101 cm³/mol. The third-order valence-corrected chi connectivity index (χ3v) is 5.49. The molecule has 1 saturated carbocycles. The molecule has 3 rings (SSSR count). The Kier molecular flexibility index (Phi) is 5.43. The number of anilines is 1. The van der Waals surface area contributed by atoms with E-state index in [0.29, 0.717) is 28.9 Å². The zero-order chi connectivity index (χ0) is 18.7. The van der Waals surface area contributed by atoms with Gasteiger partial charge in [-0.05, 0) is 31.9 Å². The summed E-state index contributed by atoms with van der Waals surface area (Å²) in [7, 11) is 0. The molecule has 1 aliphatic rings. The largest absolute Gasteiger partial charge is 0.458 e. The minimum atomic E-state index is -0.470. The molecule has 0 bridgehead atoms. The second-order valence-electron chi connectivity index (χ2n) is 7.01. The molecule has 0 spiro atoms. The van der Waals surface area contributed by atoms with Gasteiger partial charge in [0.2, 0.25) is 11.8 Å². The molecular formula is C18H24N4O3S. The number of amides is 2. The van der Waals surface area contributed by atoms with Crippen molar-refractivity contribution in [2.24, 2.45) is 11.7 Å². The summed E-state index contributed by atoms with van der Waals surface area (Å²) in [5.74, 6) is 0.868. The lowest BCUT2D eigenvalue weighted by atomic mass is 9.74. The first-order valence-electron chi connectivity index (χ1n) is 8.74. The molecule has 0 radical (unpaired) electrons. The maximum atomic E-state index is 12.6. The Labute approximate surface area is 156 Å². The van der Waals surface area contributed by atoms with Crippen molar-refractivity contribution in [3.8, 4) is 11.5 Å². The molecule has 140 valence electrons. The standard InChI is InChI=1S/C18H24N4O3S/c1-11(23)20-9-12-6-7-15(25-12)14-10-26-17(21-14)22-16(24)13-5-3-4-8-18(13,2)19/h6-7,10,13H,3-5,8-9,19H2,1-2H3,(H,20,23)(H,21,22,24). The summed E-state index contributed by atoms with van der Waals surface area (Å²) in [6.45, 7) is 3.74. The van der Waals surface area contributed by atoms with Gasteiger partial charge in [0.1, 0.15) is 11.5 Å². The van der Waals surface area contributed by atoms with Gasteiger partial charge < -0.3 is 20.8 Å². The number of nitrogens with two attached hydrogens (primary N) is 1. The summed E-state index contributed by atoms with van der Waals surface area (Å²) < 4.78 is 5.68. The topological polar surface area (TPSA) is 110 Å². The van der Waals surface area contributed by atoms with E-state index in [-0.39, 0.29) is 17.7 Å². The van der Waals surface area contributed by atoms with Gasteiger partial charge in [0.25, 0.3) is 0 Å². The second kappa shape index (κ2) is 7.59. The van der Waals surface area contributed by atoms with Crippen LogP contribution in [0.3, 0.4) is 0 Å². The fourth-order valence-electron chi connectivity index (χ4n) is 3.25. The molecule has 8 heteroatoms. The van der Waals surface area contributed by atoms with E-state index in [4.69, 9.17) is 10.2 Å². The van der Waals surface area contributed by atoms with Gasteiger partial charge in [0.05, 0.1) is 12.5 Å². The van der Waals surface area contributed by atoms with Crippen LogP contribution in [0.2, 0.25) is 0 Å². The van der Waals surface area contributed by atoms with E-state index in [1.165, 1.54) is 18.3 Å². The van der Waals surface area contributed by atoms with Crippen LogP contribution in [0.4, 0.5) is 5.13 Å². The maximum Gasteiger partial charge on any atom is 0.231 e. The first kappa shape index (κ1) is 18.6. The Bertz CT molecular complexity index is 796. The highest BCUT2D eigenvalue weighted by Gasteiger charge is 2.38. The van der Waals surface area contributed by atoms with E-state index < -0.39 is 5.54 Å². The third-order valence-electron chi connectivity index (χ3n) is 4.73. The molecule has 7 nitrogen and oxygen atoms in total. The number of carbonyl (C=O) groups excluding carboxylic acids is 2. The van der Waals surface area contributed by atoms with E-state index in [9.17, 15) is 9.59 Å². The quantitative estimate of drug-likeness (QED) is 0.743. The fraction of sp³-hybridized carbons (Fsp3) is 0.500. The highest BCUT2D eigenvalue weighted by Crippen LogP contribution is 2.33. The molecule has 0 saturated heterocycles. The molecule has 2 aromatic heterocycles. The van der Waals surface area contributed by atoms with E-state index >= 15 is 0 Å². The Hall–Kier alpha value is -2.19. The van der Waals surface area contributed by atoms with Gasteiger partial charge in [-0.2, -0.15) is 0 Å². The van der Waals surface area contributed by atoms with Gasteiger partial charge in [-0.1, -0.05) is 12.8 Å². The monoisotopic (exact) mass is 376 g/mol. The number of aromatic nitrogens is 1. The summed E-state index contributed by atoms with van der Waals surface area (Å²) in [4.78, 5) is 28.0. The minimum Gasteiger partial charge on any atom is -0.458 e. The normalized spacial score (nSPS) is 22.8. The highest BCUT2D eigenvalue weighted by molar-refractivity contribution is 7.14. The number of rotatable bonds is 5. The highest BCUT2D eigenvalue weighted by atomic mass is 32.1. The van der Waals surface area contributed by atoms with Gasteiger partial charge >= 0.3 is 0 Å². The Balaban J connectivity index is 1.64. The van der Waals surface area contributed by atoms with E-state index in [1.807, 2.05) is 12.3 Å². The number of nitrogens with one attached hydrogen (secondary N) is 2. The first-order chi connectivity index (χ1) is 12.3. The van der Waals surface area contributed by atoms with E-state index in [1.54, 1.807) is 12.1 Å². The molecule has 2 heterocycles. The molecule has 26 heavy (non-hydrogen) atoms. The summed E-state index contributed by atoms with van der Waals surface area (Å²) >= 11 is 1.35. The smallest absolute Gasteiger partial charge is 0.231 e. The van der Waals surface area contributed by atoms with Crippen molar-refractivity contribution in [2.45, 2.75) is 51.6 Å². The Morgan fingerprint density at radius 1 is 1.42 bits per heavy atom. The molecule has 0 aliphatic heterocycles. The third kappa shape index (κ3) is 4.31. The Morgan fingerprint density at radius 2 is 2.23 bits per heavy atom. The average molecular weight is 376 g/mol. The lowest BCUT2D eigenvalue weighted by Gasteiger charge is -2.36. The van der Waals surface area contributed by atoms with Crippen molar-refractivity contribution in [1.82, 2.24) is 10.3 Å². The molecule has 4 N–H and O–H groups in total. The Morgan fingerprint density at radius 3 is 2.96 bits per heavy atom. The summed E-state index contributed by atoms with van der Waals surface area (Å²) in [5, 5.41) is 7.94. The van der Waals surface area contributed by atoms with Crippen LogP contribution in [-0.4, -0.2) is 22.3 Å². The SMILES string of the molecule is CC(=O)NCc1ccc(-c2csc(NC(=O)C3CCCCC3(C)N)n2)o1. The van der Waals surface area contributed by atoms with Crippen molar-refractivity contribution < 1.29 is 14.0 Å². The van der Waals surface area contributed by atoms with Crippen LogP contribution in [0.5, 0.6) is 0 Å². The van der Waals surface area contributed by atoms with Crippen LogP contribution >= 0.6 is 11.3 Å². The van der Waals surface area contributed by atoms with Crippen molar-refractivity contribution in [2.75, 3.05) is 5.32 Å². The van der Waals surface area contributed by atoms with Gasteiger partial charge in [0.15, 0.2) is 10.9 Å². The number of hydrogen-bond donors (Lipinski definition) is 3. The van der Waals surface area contributed by atoms with Crippen molar-refractivity contribution in [3.05, 3.63) is 23.3 Å². The fourth-order valence-corrected chi connectivity index (χ4v) is 3.95. The molecule has 2 atom stereocenters. The molecule has 2 unspecified atom stereocenters. The first-order valence-corrected chi connectivity index (χ1v) is 9.62. The number of furan rings is 1. The van der Waals surface area contributed by atoms with E-state index in [2.05, 4.69) is 15.6 Å². The van der Waals surface area contributed by atoms with Crippen LogP contribution in [0.15, 0.2) is 21.9 Å². The number of hydrogen-bond acceptors (Lipinski definition) is 6. The summed E-state index contributed by atoms with van der Waals surface area (Å²) in [6.07, 6.45) is 3.76. The molecule has 0 aromatic carbocycles.